The lowest BCUT2D eigenvalue weighted by atomic mass is 10.0. The SMILES string of the molecule is CCNC(=NCC(CO)c1ccccc1)NCCOc1ccc(OC)cc1. The second kappa shape index (κ2) is 11.8. The Bertz CT molecular complexity index is 675. The van der Waals surface area contributed by atoms with E-state index in [1.54, 1.807) is 7.11 Å². The minimum Gasteiger partial charge on any atom is -0.497 e. The van der Waals surface area contributed by atoms with E-state index in [0.29, 0.717) is 25.7 Å². The van der Waals surface area contributed by atoms with Gasteiger partial charge in [0, 0.05) is 12.5 Å². The van der Waals surface area contributed by atoms with Crippen LogP contribution in [0.5, 0.6) is 11.5 Å². The van der Waals surface area contributed by atoms with Crippen LogP contribution in [0.4, 0.5) is 0 Å². The largest absolute Gasteiger partial charge is 0.497 e. The van der Waals surface area contributed by atoms with Crippen molar-refractivity contribution in [3.8, 4) is 11.5 Å². The summed E-state index contributed by atoms with van der Waals surface area (Å²) in [4.78, 5) is 4.59. The average Bonchev–Trinajstić information content (AvgIpc) is 2.72. The molecule has 3 N–H and O–H groups in total. The summed E-state index contributed by atoms with van der Waals surface area (Å²) >= 11 is 0. The van der Waals surface area contributed by atoms with Gasteiger partial charge in [0.25, 0.3) is 0 Å². The van der Waals surface area contributed by atoms with Crippen LogP contribution in [0.25, 0.3) is 0 Å². The van der Waals surface area contributed by atoms with Crippen LogP contribution in [0.2, 0.25) is 0 Å². The Morgan fingerprint density at radius 1 is 1.04 bits per heavy atom. The molecule has 2 rings (SSSR count). The van der Waals surface area contributed by atoms with Crippen LogP contribution in [-0.2, 0) is 0 Å². The molecule has 0 heterocycles. The molecule has 0 saturated heterocycles. The number of methoxy groups -OCH3 is 1. The molecule has 27 heavy (non-hydrogen) atoms. The average molecular weight is 371 g/mol. The lowest BCUT2D eigenvalue weighted by Crippen LogP contribution is -2.39. The van der Waals surface area contributed by atoms with Gasteiger partial charge in [-0.15, -0.1) is 0 Å². The van der Waals surface area contributed by atoms with E-state index in [1.807, 2.05) is 61.5 Å². The van der Waals surface area contributed by atoms with Crippen LogP contribution in [0.15, 0.2) is 59.6 Å². The van der Waals surface area contributed by atoms with Crippen molar-refractivity contribution < 1.29 is 14.6 Å². The summed E-state index contributed by atoms with van der Waals surface area (Å²) in [6.07, 6.45) is 0. The molecule has 0 aromatic heterocycles. The summed E-state index contributed by atoms with van der Waals surface area (Å²) in [5.41, 5.74) is 1.09. The number of aliphatic hydroxyl groups excluding tert-OH is 1. The summed E-state index contributed by atoms with van der Waals surface area (Å²) in [6, 6.07) is 17.4. The first-order valence-corrected chi connectivity index (χ1v) is 9.21. The molecular formula is C21H29N3O3. The number of rotatable bonds is 10. The fourth-order valence-electron chi connectivity index (χ4n) is 2.55. The quantitative estimate of drug-likeness (QED) is 0.340. The highest BCUT2D eigenvalue weighted by molar-refractivity contribution is 5.79. The summed E-state index contributed by atoms with van der Waals surface area (Å²) in [5.74, 6) is 2.30. The van der Waals surface area contributed by atoms with Gasteiger partial charge in [-0.3, -0.25) is 4.99 Å². The lowest BCUT2D eigenvalue weighted by molar-refractivity contribution is 0.268. The molecule has 0 radical (unpaired) electrons. The highest BCUT2D eigenvalue weighted by Gasteiger charge is 2.09. The first-order chi connectivity index (χ1) is 13.3. The van der Waals surface area contributed by atoms with Crippen molar-refractivity contribution >= 4 is 5.96 Å². The third-order valence-corrected chi connectivity index (χ3v) is 4.03. The fraction of sp³-hybridized carbons (Fsp3) is 0.381. The van der Waals surface area contributed by atoms with Gasteiger partial charge in [-0.25, -0.2) is 0 Å². The number of benzene rings is 2. The van der Waals surface area contributed by atoms with Gasteiger partial charge in [-0.05, 0) is 36.8 Å². The molecule has 1 unspecified atom stereocenters. The van der Waals surface area contributed by atoms with Gasteiger partial charge in [0.05, 0.1) is 26.8 Å². The molecule has 1 atom stereocenters. The van der Waals surface area contributed by atoms with Gasteiger partial charge >= 0.3 is 0 Å². The number of hydrogen-bond donors (Lipinski definition) is 3. The van der Waals surface area contributed by atoms with Crippen LogP contribution in [0, 0.1) is 0 Å². The number of nitrogens with one attached hydrogen (secondary N) is 2. The van der Waals surface area contributed by atoms with E-state index in [0.717, 1.165) is 23.6 Å². The first-order valence-electron chi connectivity index (χ1n) is 9.21. The third kappa shape index (κ3) is 7.19. The number of ether oxygens (including phenoxy) is 2. The van der Waals surface area contributed by atoms with E-state index in [2.05, 4.69) is 15.6 Å². The zero-order valence-electron chi connectivity index (χ0n) is 16.0. The molecule has 2 aromatic rings. The predicted octanol–water partition coefficient (Wildman–Crippen LogP) is 2.41. The smallest absolute Gasteiger partial charge is 0.191 e. The van der Waals surface area contributed by atoms with Crippen LogP contribution in [-0.4, -0.2) is 51.0 Å². The molecule has 0 saturated carbocycles. The van der Waals surface area contributed by atoms with Crippen LogP contribution >= 0.6 is 0 Å². The lowest BCUT2D eigenvalue weighted by Gasteiger charge is -2.15. The van der Waals surface area contributed by atoms with Gasteiger partial charge in [-0.2, -0.15) is 0 Å². The summed E-state index contributed by atoms with van der Waals surface area (Å²) in [7, 11) is 1.64. The van der Waals surface area contributed by atoms with Gasteiger partial charge in [0.1, 0.15) is 18.1 Å². The molecule has 0 aliphatic rings. The summed E-state index contributed by atoms with van der Waals surface area (Å²) < 4.78 is 10.8. The Morgan fingerprint density at radius 2 is 1.74 bits per heavy atom. The predicted molar refractivity (Wildman–Crippen MR) is 109 cm³/mol. The zero-order valence-corrected chi connectivity index (χ0v) is 16.0. The monoisotopic (exact) mass is 371 g/mol. The molecule has 0 fully saturated rings. The maximum absolute atomic E-state index is 9.66. The Hall–Kier alpha value is -2.73. The van der Waals surface area contributed by atoms with Crippen molar-refractivity contribution in [2.75, 3.05) is 40.0 Å². The number of guanidine groups is 1. The molecule has 6 heteroatoms. The standard InChI is InChI=1S/C21H29N3O3/c1-3-22-21(24-15-18(16-25)17-7-5-4-6-8-17)23-13-14-27-20-11-9-19(26-2)10-12-20/h4-12,18,25H,3,13-16H2,1-2H3,(H2,22,23,24). The zero-order chi connectivity index (χ0) is 19.3. The molecule has 6 nitrogen and oxygen atoms in total. The molecule has 2 aromatic carbocycles. The van der Waals surface area contributed by atoms with Crippen molar-refractivity contribution in [1.82, 2.24) is 10.6 Å². The summed E-state index contributed by atoms with van der Waals surface area (Å²) in [6.45, 7) is 4.49. The van der Waals surface area contributed by atoms with Crippen molar-refractivity contribution in [1.29, 1.82) is 0 Å². The van der Waals surface area contributed by atoms with Crippen LogP contribution < -0.4 is 20.1 Å². The van der Waals surface area contributed by atoms with Crippen molar-refractivity contribution in [3.63, 3.8) is 0 Å². The highest BCUT2D eigenvalue weighted by atomic mass is 16.5. The Labute approximate surface area is 161 Å². The van der Waals surface area contributed by atoms with E-state index >= 15 is 0 Å². The molecule has 146 valence electrons. The van der Waals surface area contributed by atoms with Crippen LogP contribution in [0.1, 0.15) is 18.4 Å². The number of hydrogen-bond acceptors (Lipinski definition) is 4. The Morgan fingerprint density at radius 3 is 2.37 bits per heavy atom. The first kappa shape index (κ1) is 20.6. The maximum atomic E-state index is 9.66. The fourth-order valence-corrected chi connectivity index (χ4v) is 2.55. The van der Waals surface area contributed by atoms with Gasteiger partial charge in [-0.1, -0.05) is 30.3 Å². The minimum atomic E-state index is -0.0165. The van der Waals surface area contributed by atoms with Crippen molar-refractivity contribution in [2.45, 2.75) is 12.8 Å². The number of nitrogens with zero attached hydrogens (tertiary/aromatic N) is 1. The second-order valence-corrected chi connectivity index (χ2v) is 5.96. The molecule has 0 spiro atoms. The van der Waals surface area contributed by atoms with E-state index in [4.69, 9.17) is 9.47 Å². The molecule has 0 aliphatic heterocycles. The van der Waals surface area contributed by atoms with Crippen molar-refractivity contribution in [3.05, 3.63) is 60.2 Å². The van der Waals surface area contributed by atoms with E-state index < -0.39 is 0 Å². The topological polar surface area (TPSA) is 75.1 Å². The van der Waals surface area contributed by atoms with Crippen LogP contribution in [0.3, 0.4) is 0 Å². The minimum absolute atomic E-state index is 0.0165. The van der Waals surface area contributed by atoms with E-state index in [1.165, 1.54) is 0 Å². The molecule has 0 bridgehead atoms. The third-order valence-electron chi connectivity index (χ3n) is 4.03. The second-order valence-electron chi connectivity index (χ2n) is 5.96. The molecule has 0 amide bonds. The van der Waals surface area contributed by atoms with Gasteiger partial charge in [0.2, 0.25) is 0 Å². The van der Waals surface area contributed by atoms with Gasteiger partial charge in [0.15, 0.2) is 5.96 Å². The maximum Gasteiger partial charge on any atom is 0.191 e. The van der Waals surface area contributed by atoms with Gasteiger partial charge < -0.3 is 25.2 Å². The Balaban J connectivity index is 1.81. The van der Waals surface area contributed by atoms with E-state index in [9.17, 15) is 5.11 Å². The molecular weight excluding hydrogens is 342 g/mol. The number of aliphatic hydroxyl groups is 1. The summed E-state index contributed by atoms with van der Waals surface area (Å²) in [5, 5.41) is 16.1. The highest BCUT2D eigenvalue weighted by Crippen LogP contribution is 2.17. The number of aliphatic imine (C=N–C) groups is 1. The van der Waals surface area contributed by atoms with E-state index in [-0.39, 0.29) is 12.5 Å². The molecule has 0 aliphatic carbocycles. The van der Waals surface area contributed by atoms with Crippen molar-refractivity contribution in [2.24, 2.45) is 4.99 Å². The normalized spacial score (nSPS) is 12.3. The Kier molecular flexibility index (Phi) is 9.00.